The predicted molar refractivity (Wildman–Crippen MR) is 188 cm³/mol. The quantitative estimate of drug-likeness (QED) is 0.102. The van der Waals surface area contributed by atoms with Gasteiger partial charge in [-0.1, -0.05) is 29.8 Å². The number of ether oxygens (including phenoxy) is 8. The summed E-state index contributed by atoms with van der Waals surface area (Å²) in [4.78, 5) is 12.7. The number of nitrogens with one attached hydrogen (secondary N) is 2. The summed E-state index contributed by atoms with van der Waals surface area (Å²) in [5, 5.41) is 6.39. The molecule has 49 heavy (non-hydrogen) atoms. The van der Waals surface area contributed by atoms with E-state index < -0.39 is 6.17 Å². The SMILES string of the molecule is COc1cc(C2NC(=O)c3cc(C)ccc3N2)ccc1OCCCOc1c(OC)cc(/C=C/c2cc(OC)c(OC)c(OC)c2)cc1OC. The largest absolute Gasteiger partial charge is 0.493 e. The molecule has 1 unspecified atom stereocenters. The van der Waals surface area contributed by atoms with Crippen LogP contribution < -0.4 is 48.5 Å². The molecule has 258 valence electrons. The van der Waals surface area contributed by atoms with E-state index in [2.05, 4.69) is 10.6 Å². The summed E-state index contributed by atoms with van der Waals surface area (Å²) in [7, 11) is 9.49. The van der Waals surface area contributed by atoms with E-state index in [9.17, 15) is 4.79 Å². The summed E-state index contributed by atoms with van der Waals surface area (Å²) in [6.07, 6.45) is 4.04. The van der Waals surface area contributed by atoms with Crippen molar-refractivity contribution in [3.63, 3.8) is 0 Å². The lowest BCUT2D eigenvalue weighted by Gasteiger charge is -2.28. The highest BCUT2D eigenvalue weighted by Crippen LogP contribution is 2.41. The van der Waals surface area contributed by atoms with Crippen molar-refractivity contribution in [2.45, 2.75) is 19.5 Å². The van der Waals surface area contributed by atoms with E-state index in [1.807, 2.05) is 79.7 Å². The van der Waals surface area contributed by atoms with E-state index in [0.717, 1.165) is 27.9 Å². The first-order chi connectivity index (χ1) is 23.8. The second-order valence-electron chi connectivity index (χ2n) is 11.1. The Hall–Kier alpha value is -5.71. The summed E-state index contributed by atoms with van der Waals surface area (Å²) >= 11 is 0. The lowest BCUT2D eigenvalue weighted by atomic mass is 10.0. The number of methoxy groups -OCH3 is 6. The van der Waals surface area contributed by atoms with Crippen LogP contribution in [0.1, 0.15) is 45.2 Å². The number of carbonyl (C=O) groups excluding carboxylic acids is 1. The molecule has 1 aliphatic rings. The van der Waals surface area contributed by atoms with Crippen LogP contribution in [0.4, 0.5) is 5.69 Å². The third-order valence-corrected chi connectivity index (χ3v) is 7.95. The maximum atomic E-state index is 12.7. The van der Waals surface area contributed by atoms with Gasteiger partial charge in [0.05, 0.1) is 61.4 Å². The predicted octanol–water partition coefficient (Wildman–Crippen LogP) is 6.92. The molecular weight excluding hydrogens is 628 g/mol. The smallest absolute Gasteiger partial charge is 0.255 e. The van der Waals surface area contributed by atoms with Crippen LogP contribution in [0.25, 0.3) is 12.2 Å². The van der Waals surface area contributed by atoms with Crippen molar-refractivity contribution in [1.29, 1.82) is 0 Å². The van der Waals surface area contributed by atoms with Crippen LogP contribution in [0, 0.1) is 6.92 Å². The Morgan fingerprint density at radius 1 is 0.592 bits per heavy atom. The van der Waals surface area contributed by atoms with E-state index in [0.29, 0.717) is 71.2 Å². The maximum Gasteiger partial charge on any atom is 0.255 e. The van der Waals surface area contributed by atoms with Crippen molar-refractivity contribution >= 4 is 23.7 Å². The van der Waals surface area contributed by atoms with E-state index in [-0.39, 0.29) is 5.91 Å². The van der Waals surface area contributed by atoms with Gasteiger partial charge in [-0.3, -0.25) is 4.79 Å². The molecule has 5 rings (SSSR count). The molecule has 0 radical (unpaired) electrons. The highest BCUT2D eigenvalue weighted by atomic mass is 16.5. The number of aryl methyl sites for hydroxylation is 1. The number of anilines is 1. The van der Waals surface area contributed by atoms with Crippen molar-refractivity contribution in [3.05, 3.63) is 88.5 Å². The van der Waals surface area contributed by atoms with Gasteiger partial charge < -0.3 is 48.5 Å². The average molecular weight is 671 g/mol. The van der Waals surface area contributed by atoms with Gasteiger partial charge in [-0.15, -0.1) is 0 Å². The van der Waals surface area contributed by atoms with Gasteiger partial charge in [-0.05, 0) is 72.1 Å². The fourth-order valence-corrected chi connectivity index (χ4v) is 5.47. The Balaban J connectivity index is 1.20. The topological polar surface area (TPSA) is 115 Å². The van der Waals surface area contributed by atoms with Gasteiger partial charge in [0.1, 0.15) is 6.17 Å². The molecule has 1 atom stereocenters. The minimum Gasteiger partial charge on any atom is -0.493 e. The molecule has 11 heteroatoms. The fraction of sp³-hybridized carbons (Fsp3) is 0.289. The van der Waals surface area contributed by atoms with Gasteiger partial charge in [0, 0.05) is 12.1 Å². The molecule has 0 aromatic heterocycles. The normalized spacial score (nSPS) is 13.5. The zero-order chi connectivity index (χ0) is 34.9. The van der Waals surface area contributed by atoms with E-state index in [1.165, 1.54) is 0 Å². The zero-order valence-corrected chi connectivity index (χ0v) is 28.8. The minimum atomic E-state index is -0.402. The Bertz CT molecular complexity index is 1770. The van der Waals surface area contributed by atoms with Gasteiger partial charge in [0.15, 0.2) is 34.5 Å². The van der Waals surface area contributed by atoms with Crippen molar-refractivity contribution in [2.75, 3.05) is 61.2 Å². The van der Waals surface area contributed by atoms with Crippen LogP contribution in [0.3, 0.4) is 0 Å². The highest BCUT2D eigenvalue weighted by Gasteiger charge is 2.25. The molecular formula is C38H42N2O9. The van der Waals surface area contributed by atoms with E-state index in [1.54, 1.807) is 42.7 Å². The van der Waals surface area contributed by atoms with Crippen molar-refractivity contribution in [1.82, 2.24) is 5.32 Å². The number of amides is 1. The van der Waals surface area contributed by atoms with Gasteiger partial charge in [-0.2, -0.15) is 0 Å². The van der Waals surface area contributed by atoms with Gasteiger partial charge >= 0.3 is 0 Å². The van der Waals surface area contributed by atoms with Crippen molar-refractivity contribution in [2.24, 2.45) is 0 Å². The number of benzene rings is 4. The minimum absolute atomic E-state index is 0.128. The van der Waals surface area contributed by atoms with Crippen LogP contribution >= 0.6 is 0 Å². The number of fused-ring (bicyclic) bond motifs is 1. The summed E-state index contributed by atoms with van der Waals surface area (Å²) in [5.41, 5.74) is 4.98. The molecule has 0 aliphatic carbocycles. The van der Waals surface area contributed by atoms with Crippen LogP contribution in [0.2, 0.25) is 0 Å². The molecule has 4 aromatic carbocycles. The average Bonchev–Trinajstić information content (AvgIpc) is 3.13. The Morgan fingerprint density at radius 2 is 1.16 bits per heavy atom. The number of rotatable bonds is 15. The Morgan fingerprint density at radius 3 is 1.73 bits per heavy atom. The molecule has 0 spiro atoms. The molecule has 0 fully saturated rings. The summed E-state index contributed by atoms with van der Waals surface area (Å²) < 4.78 is 45.4. The molecule has 0 saturated carbocycles. The molecule has 2 N–H and O–H groups in total. The van der Waals surface area contributed by atoms with Gasteiger partial charge in [-0.25, -0.2) is 0 Å². The van der Waals surface area contributed by atoms with E-state index in [4.69, 9.17) is 37.9 Å². The highest BCUT2D eigenvalue weighted by molar-refractivity contribution is 6.01. The fourth-order valence-electron chi connectivity index (χ4n) is 5.47. The van der Waals surface area contributed by atoms with Crippen molar-refractivity contribution < 1.29 is 42.7 Å². The number of hydrogen-bond donors (Lipinski definition) is 2. The first-order valence-corrected chi connectivity index (χ1v) is 15.7. The standard InChI is InChI=1S/C38H42N2O9/c1-23-9-13-28-27(17-23)38(41)40-37(39-28)26-12-14-29(30(22-26)42-2)48-15-8-16-49-36-33(45-5)20-25(21-34(36)46-6)11-10-24-18-31(43-3)35(47-7)32(19-24)44-4/h9-14,17-22,37,39H,8,15-16H2,1-7H3,(H,40,41)/b11-10+. The molecule has 1 amide bonds. The van der Waals surface area contributed by atoms with Crippen LogP contribution in [-0.4, -0.2) is 61.8 Å². The molecule has 0 saturated heterocycles. The lowest BCUT2D eigenvalue weighted by molar-refractivity contribution is 0.0935. The number of carbonyl (C=O) groups is 1. The summed E-state index contributed by atoms with van der Waals surface area (Å²) in [6.45, 7) is 2.69. The molecule has 11 nitrogen and oxygen atoms in total. The second-order valence-corrected chi connectivity index (χ2v) is 11.1. The Kier molecular flexibility index (Phi) is 11.3. The summed E-state index contributed by atoms with van der Waals surface area (Å²) in [5.74, 6) is 4.23. The van der Waals surface area contributed by atoms with E-state index >= 15 is 0 Å². The first-order valence-electron chi connectivity index (χ1n) is 15.7. The lowest BCUT2D eigenvalue weighted by Crippen LogP contribution is -2.38. The monoisotopic (exact) mass is 670 g/mol. The first kappa shape index (κ1) is 34.6. The molecule has 1 heterocycles. The second kappa shape index (κ2) is 15.9. The molecule has 4 aromatic rings. The van der Waals surface area contributed by atoms with Crippen LogP contribution in [0.15, 0.2) is 60.7 Å². The maximum absolute atomic E-state index is 12.7. The third kappa shape index (κ3) is 7.89. The third-order valence-electron chi connectivity index (χ3n) is 7.95. The number of hydrogen-bond acceptors (Lipinski definition) is 10. The van der Waals surface area contributed by atoms with Gasteiger partial charge in [0.25, 0.3) is 5.91 Å². The zero-order valence-electron chi connectivity index (χ0n) is 28.8. The van der Waals surface area contributed by atoms with Crippen LogP contribution in [-0.2, 0) is 0 Å². The van der Waals surface area contributed by atoms with Gasteiger partial charge in [0.2, 0.25) is 11.5 Å². The molecule has 0 bridgehead atoms. The summed E-state index contributed by atoms with van der Waals surface area (Å²) in [6, 6.07) is 18.8. The molecule has 1 aliphatic heterocycles. The Labute approximate surface area is 286 Å². The van der Waals surface area contributed by atoms with Crippen molar-refractivity contribution in [3.8, 4) is 46.0 Å². The van der Waals surface area contributed by atoms with Crippen LogP contribution in [0.5, 0.6) is 46.0 Å².